The lowest BCUT2D eigenvalue weighted by atomic mass is 9.87. The van der Waals surface area contributed by atoms with Crippen LogP contribution in [0.5, 0.6) is 0 Å². The molecule has 1 saturated carbocycles. The molecule has 0 radical (unpaired) electrons. The van der Waals surface area contributed by atoms with Crippen molar-refractivity contribution in [2.45, 2.75) is 38.7 Å². The number of aliphatic hydroxyl groups excluding tert-OH is 1. The summed E-state index contributed by atoms with van der Waals surface area (Å²) >= 11 is 0. The van der Waals surface area contributed by atoms with Crippen molar-refractivity contribution in [1.29, 1.82) is 0 Å². The average Bonchev–Trinajstić information content (AvgIpc) is 2.46. The lowest BCUT2D eigenvalue weighted by Crippen LogP contribution is -2.26. The molecule has 1 heterocycles. The Morgan fingerprint density at radius 2 is 2.25 bits per heavy atom. The van der Waals surface area contributed by atoms with Gasteiger partial charge in [-0.15, -0.1) is 10.2 Å². The van der Waals surface area contributed by atoms with Crippen molar-refractivity contribution < 1.29 is 9.90 Å². The molecule has 0 spiro atoms. The molecule has 1 aromatic heterocycles. The van der Waals surface area contributed by atoms with Gasteiger partial charge in [0.1, 0.15) is 5.82 Å². The Hall–Kier alpha value is -1.69. The Morgan fingerprint density at radius 1 is 1.40 bits per heavy atom. The minimum absolute atomic E-state index is 0.165. The highest BCUT2D eigenvalue weighted by Crippen LogP contribution is 2.24. The molecule has 1 fully saturated rings. The summed E-state index contributed by atoms with van der Waals surface area (Å²) in [5.41, 5.74) is 0.325. The number of amides is 1. The van der Waals surface area contributed by atoms with Gasteiger partial charge in [-0.3, -0.25) is 4.79 Å². The summed E-state index contributed by atoms with van der Waals surface area (Å²) < 4.78 is 0. The van der Waals surface area contributed by atoms with Crippen LogP contribution in [0.3, 0.4) is 0 Å². The van der Waals surface area contributed by atoms with Gasteiger partial charge in [-0.2, -0.15) is 0 Å². The van der Waals surface area contributed by atoms with E-state index in [1.165, 1.54) is 0 Å². The van der Waals surface area contributed by atoms with Crippen molar-refractivity contribution in [3.05, 3.63) is 17.8 Å². The summed E-state index contributed by atoms with van der Waals surface area (Å²) in [6.07, 6.45) is 3.81. The van der Waals surface area contributed by atoms with Gasteiger partial charge in [-0.1, -0.05) is 6.42 Å². The molecule has 0 aromatic carbocycles. The molecule has 0 bridgehead atoms. The Morgan fingerprint density at radius 3 is 2.90 bits per heavy atom. The highest BCUT2D eigenvalue weighted by atomic mass is 16.3. The van der Waals surface area contributed by atoms with Crippen molar-refractivity contribution in [2.75, 3.05) is 18.4 Å². The molecule has 110 valence electrons. The predicted octanol–water partition coefficient (Wildman–Crippen LogP) is 1.19. The number of carbonyl (C=O) groups excluding carboxylic acids is 1. The topological polar surface area (TPSA) is 87.1 Å². The van der Waals surface area contributed by atoms with Gasteiger partial charge in [0.25, 0.3) is 5.91 Å². The molecular weight excluding hydrogens is 256 g/mol. The third-order valence-corrected chi connectivity index (χ3v) is 3.56. The predicted molar refractivity (Wildman–Crippen MR) is 76.5 cm³/mol. The minimum Gasteiger partial charge on any atom is -0.393 e. The quantitative estimate of drug-likeness (QED) is 0.753. The molecule has 1 aromatic rings. The highest BCUT2D eigenvalue weighted by molar-refractivity contribution is 5.92. The fourth-order valence-corrected chi connectivity index (χ4v) is 2.50. The Bertz CT molecular complexity index is 435. The maximum absolute atomic E-state index is 11.5. The molecule has 1 amide bonds. The zero-order chi connectivity index (χ0) is 14.4. The van der Waals surface area contributed by atoms with Crippen LogP contribution in [0.2, 0.25) is 0 Å². The number of hydrogen-bond acceptors (Lipinski definition) is 5. The van der Waals surface area contributed by atoms with E-state index >= 15 is 0 Å². The standard InChI is InChI=1S/C14H22N4O2/c1-2-15-14(20)12-6-7-13(18-17-12)16-9-10-4-3-5-11(19)8-10/h6-7,10-11,19H,2-5,8-9H2,1H3,(H,15,20)(H,16,18). The van der Waals surface area contributed by atoms with Crippen molar-refractivity contribution in [1.82, 2.24) is 15.5 Å². The summed E-state index contributed by atoms with van der Waals surface area (Å²) in [6, 6.07) is 3.42. The molecule has 1 aliphatic rings. The highest BCUT2D eigenvalue weighted by Gasteiger charge is 2.19. The first kappa shape index (κ1) is 14.7. The summed E-state index contributed by atoms with van der Waals surface area (Å²) in [7, 11) is 0. The number of carbonyl (C=O) groups is 1. The van der Waals surface area contributed by atoms with Crippen LogP contribution >= 0.6 is 0 Å². The third kappa shape index (κ3) is 4.16. The minimum atomic E-state index is -0.207. The largest absolute Gasteiger partial charge is 0.393 e. The smallest absolute Gasteiger partial charge is 0.271 e. The monoisotopic (exact) mass is 278 g/mol. The zero-order valence-electron chi connectivity index (χ0n) is 11.8. The SMILES string of the molecule is CCNC(=O)c1ccc(NCC2CCCC(O)C2)nn1. The maximum Gasteiger partial charge on any atom is 0.271 e. The number of rotatable bonds is 5. The first-order chi connectivity index (χ1) is 9.69. The van der Waals surface area contributed by atoms with E-state index in [0.717, 1.165) is 32.2 Å². The van der Waals surface area contributed by atoms with Gasteiger partial charge in [-0.05, 0) is 44.2 Å². The molecule has 2 atom stereocenters. The number of nitrogens with one attached hydrogen (secondary N) is 2. The molecule has 0 aliphatic heterocycles. The van der Waals surface area contributed by atoms with Crippen LogP contribution in [0.15, 0.2) is 12.1 Å². The second-order valence-electron chi connectivity index (χ2n) is 5.23. The van der Waals surface area contributed by atoms with Gasteiger partial charge in [0.05, 0.1) is 6.10 Å². The van der Waals surface area contributed by atoms with Crippen LogP contribution in [0, 0.1) is 5.92 Å². The second-order valence-corrected chi connectivity index (χ2v) is 5.23. The molecular formula is C14H22N4O2. The van der Waals surface area contributed by atoms with Gasteiger partial charge >= 0.3 is 0 Å². The van der Waals surface area contributed by atoms with Crippen LogP contribution in [0.25, 0.3) is 0 Å². The van der Waals surface area contributed by atoms with Crippen LogP contribution in [0.1, 0.15) is 43.1 Å². The molecule has 2 rings (SSSR count). The fourth-order valence-electron chi connectivity index (χ4n) is 2.50. The summed E-state index contributed by atoms with van der Waals surface area (Å²) in [6.45, 7) is 3.22. The lowest BCUT2D eigenvalue weighted by molar-refractivity contribution is 0.0949. The van der Waals surface area contributed by atoms with E-state index in [9.17, 15) is 9.90 Å². The van der Waals surface area contributed by atoms with E-state index in [0.29, 0.717) is 24.0 Å². The number of aromatic nitrogens is 2. The van der Waals surface area contributed by atoms with Crippen molar-refractivity contribution in [3.8, 4) is 0 Å². The molecule has 6 heteroatoms. The summed E-state index contributed by atoms with van der Waals surface area (Å²) in [5.74, 6) is 0.934. The second kappa shape index (κ2) is 7.19. The van der Waals surface area contributed by atoms with Gasteiger partial charge in [0.15, 0.2) is 5.69 Å². The van der Waals surface area contributed by atoms with Crippen molar-refractivity contribution >= 4 is 11.7 Å². The van der Waals surface area contributed by atoms with E-state index in [1.807, 2.05) is 6.92 Å². The van der Waals surface area contributed by atoms with Crippen LogP contribution in [0.4, 0.5) is 5.82 Å². The molecule has 1 aliphatic carbocycles. The molecule has 3 N–H and O–H groups in total. The summed E-state index contributed by atoms with van der Waals surface area (Å²) in [5, 5.41) is 23.4. The first-order valence-electron chi connectivity index (χ1n) is 7.23. The van der Waals surface area contributed by atoms with Gasteiger partial charge in [0.2, 0.25) is 0 Å². The van der Waals surface area contributed by atoms with Crippen LogP contribution in [-0.4, -0.2) is 40.4 Å². The molecule has 6 nitrogen and oxygen atoms in total. The van der Waals surface area contributed by atoms with E-state index in [2.05, 4.69) is 20.8 Å². The van der Waals surface area contributed by atoms with Crippen LogP contribution in [-0.2, 0) is 0 Å². The van der Waals surface area contributed by atoms with Crippen LogP contribution < -0.4 is 10.6 Å². The number of anilines is 1. The van der Waals surface area contributed by atoms with Crippen molar-refractivity contribution in [3.63, 3.8) is 0 Å². The maximum atomic E-state index is 11.5. The average molecular weight is 278 g/mol. The lowest BCUT2D eigenvalue weighted by Gasteiger charge is -2.25. The number of hydrogen-bond donors (Lipinski definition) is 3. The van der Waals surface area contributed by atoms with E-state index < -0.39 is 0 Å². The third-order valence-electron chi connectivity index (χ3n) is 3.56. The van der Waals surface area contributed by atoms with Crippen molar-refractivity contribution in [2.24, 2.45) is 5.92 Å². The number of nitrogens with zero attached hydrogens (tertiary/aromatic N) is 2. The van der Waals surface area contributed by atoms with E-state index in [4.69, 9.17) is 0 Å². The molecule has 0 saturated heterocycles. The zero-order valence-corrected chi connectivity index (χ0v) is 11.8. The molecule has 2 unspecified atom stereocenters. The van der Waals surface area contributed by atoms with Gasteiger partial charge in [0, 0.05) is 13.1 Å². The Kier molecular flexibility index (Phi) is 5.29. The summed E-state index contributed by atoms with van der Waals surface area (Å²) in [4.78, 5) is 11.5. The Balaban J connectivity index is 1.83. The van der Waals surface area contributed by atoms with E-state index in [-0.39, 0.29) is 12.0 Å². The fraction of sp³-hybridized carbons (Fsp3) is 0.643. The normalized spacial score (nSPS) is 22.3. The van der Waals surface area contributed by atoms with Gasteiger partial charge < -0.3 is 15.7 Å². The first-order valence-corrected chi connectivity index (χ1v) is 7.23. The molecule has 20 heavy (non-hydrogen) atoms. The van der Waals surface area contributed by atoms with Gasteiger partial charge in [-0.25, -0.2) is 0 Å². The Labute approximate surface area is 119 Å². The van der Waals surface area contributed by atoms with E-state index in [1.54, 1.807) is 12.1 Å². The number of aliphatic hydroxyl groups is 1.